The van der Waals surface area contributed by atoms with Crippen LogP contribution in [0.4, 0.5) is 23.7 Å². The van der Waals surface area contributed by atoms with Gasteiger partial charge >= 0.3 is 12.2 Å². The molecule has 1 unspecified atom stereocenters. The van der Waals surface area contributed by atoms with E-state index in [1.807, 2.05) is 0 Å². The average molecular weight is 487 g/mol. The van der Waals surface area contributed by atoms with Crippen molar-refractivity contribution in [3.63, 3.8) is 0 Å². The lowest BCUT2D eigenvalue weighted by Crippen LogP contribution is -2.40. The molecular formula is C23H26ClF3N2O4. The van der Waals surface area contributed by atoms with Crippen LogP contribution in [0.2, 0.25) is 5.02 Å². The van der Waals surface area contributed by atoms with Crippen LogP contribution in [0.15, 0.2) is 30.3 Å². The molecule has 3 atom stereocenters. The predicted molar refractivity (Wildman–Crippen MR) is 119 cm³/mol. The zero-order chi connectivity index (χ0) is 24.7. The van der Waals surface area contributed by atoms with Crippen LogP contribution in [0, 0.1) is 0 Å². The lowest BCUT2D eigenvalue weighted by molar-refractivity contribution is -0.207. The number of ether oxygens (including phenoxy) is 1. The predicted octanol–water partition coefficient (Wildman–Crippen LogP) is 5.02. The number of anilines is 1. The molecule has 0 aromatic heterocycles. The second-order valence-corrected chi connectivity index (χ2v) is 9.41. The van der Waals surface area contributed by atoms with Crippen LogP contribution in [-0.2, 0) is 11.8 Å². The van der Waals surface area contributed by atoms with Gasteiger partial charge in [0.15, 0.2) is 6.10 Å². The number of carbonyl (C=O) groups excluding carboxylic acids is 1. The molecular weight excluding hydrogens is 461 g/mol. The molecule has 4 N–H and O–H groups in total. The minimum Gasteiger partial charge on any atom is -0.494 e. The normalized spacial score (nSPS) is 19.1. The third-order valence-corrected chi connectivity index (χ3v) is 5.99. The fourth-order valence-electron chi connectivity index (χ4n) is 3.86. The summed E-state index contributed by atoms with van der Waals surface area (Å²) in [4.78, 5) is 12.8. The maximum Gasteiger partial charge on any atom is 0.418 e. The van der Waals surface area contributed by atoms with E-state index in [0.29, 0.717) is 22.6 Å². The van der Waals surface area contributed by atoms with Crippen molar-refractivity contribution < 1.29 is 32.9 Å². The van der Waals surface area contributed by atoms with Crippen molar-refractivity contribution in [3.05, 3.63) is 57.6 Å². The maximum atomic E-state index is 13.3. The van der Waals surface area contributed by atoms with Gasteiger partial charge in [-0.25, -0.2) is 4.79 Å². The number of carbonyl (C=O) groups is 1. The van der Waals surface area contributed by atoms with Crippen LogP contribution in [0.1, 0.15) is 55.2 Å². The first-order valence-corrected chi connectivity index (χ1v) is 10.6. The molecule has 10 heteroatoms. The first-order chi connectivity index (χ1) is 15.2. The molecule has 33 heavy (non-hydrogen) atoms. The molecule has 0 fully saturated rings. The summed E-state index contributed by atoms with van der Waals surface area (Å²) in [7, 11) is 1.15. The van der Waals surface area contributed by atoms with E-state index in [1.54, 1.807) is 39.0 Å². The van der Waals surface area contributed by atoms with Gasteiger partial charge in [-0.3, -0.25) is 0 Å². The number of alkyl halides is 3. The number of amides is 2. The van der Waals surface area contributed by atoms with Crippen molar-refractivity contribution >= 4 is 23.3 Å². The summed E-state index contributed by atoms with van der Waals surface area (Å²) in [6, 6.07) is 6.39. The van der Waals surface area contributed by atoms with E-state index in [0.717, 1.165) is 12.7 Å². The Labute approximate surface area is 194 Å². The van der Waals surface area contributed by atoms with Gasteiger partial charge in [0.1, 0.15) is 5.75 Å². The molecule has 0 heterocycles. The summed E-state index contributed by atoms with van der Waals surface area (Å²) in [5.74, 6) is -0.304. The molecule has 0 saturated heterocycles. The van der Waals surface area contributed by atoms with Gasteiger partial charge in [-0.2, -0.15) is 13.2 Å². The molecule has 0 aliphatic heterocycles. The van der Waals surface area contributed by atoms with Crippen molar-refractivity contribution in [2.75, 3.05) is 12.4 Å². The van der Waals surface area contributed by atoms with Crippen LogP contribution in [0.3, 0.4) is 0 Å². The van der Waals surface area contributed by atoms with Crippen molar-refractivity contribution in [2.24, 2.45) is 0 Å². The van der Waals surface area contributed by atoms with Gasteiger partial charge in [-0.1, -0.05) is 44.5 Å². The van der Waals surface area contributed by atoms with E-state index in [4.69, 9.17) is 16.3 Å². The smallest absolute Gasteiger partial charge is 0.418 e. The number of hydrogen-bond acceptors (Lipinski definition) is 4. The van der Waals surface area contributed by atoms with E-state index in [-0.39, 0.29) is 11.4 Å². The van der Waals surface area contributed by atoms with Crippen molar-refractivity contribution in [2.45, 2.75) is 57.0 Å². The quantitative estimate of drug-likeness (QED) is 0.488. The number of halogens is 4. The highest BCUT2D eigenvalue weighted by Gasteiger charge is 2.42. The highest BCUT2D eigenvalue weighted by atomic mass is 35.5. The van der Waals surface area contributed by atoms with E-state index < -0.39 is 41.4 Å². The Balaban J connectivity index is 1.91. The van der Waals surface area contributed by atoms with Crippen molar-refractivity contribution in [1.82, 2.24) is 5.32 Å². The third kappa shape index (κ3) is 5.20. The minimum absolute atomic E-state index is 0.0382. The Morgan fingerprint density at radius 2 is 1.91 bits per heavy atom. The topological polar surface area (TPSA) is 90.8 Å². The van der Waals surface area contributed by atoms with Gasteiger partial charge in [-0.05, 0) is 46.7 Å². The van der Waals surface area contributed by atoms with Gasteiger partial charge in [-0.15, -0.1) is 0 Å². The molecule has 180 valence electrons. The van der Waals surface area contributed by atoms with Gasteiger partial charge in [0.2, 0.25) is 0 Å². The summed E-state index contributed by atoms with van der Waals surface area (Å²) in [5, 5.41) is 26.1. The zero-order valence-corrected chi connectivity index (χ0v) is 19.3. The lowest BCUT2D eigenvalue weighted by atomic mass is 9.84. The van der Waals surface area contributed by atoms with Gasteiger partial charge in [0.05, 0.1) is 24.9 Å². The fraction of sp³-hybridized carbons (Fsp3) is 0.435. The summed E-state index contributed by atoms with van der Waals surface area (Å²) in [6.45, 7) is 5.37. The molecule has 0 radical (unpaired) electrons. The number of aliphatic hydroxyl groups is 2. The number of rotatable bonds is 4. The van der Waals surface area contributed by atoms with Crippen LogP contribution < -0.4 is 15.4 Å². The first kappa shape index (κ1) is 25.1. The molecule has 0 spiro atoms. The third-order valence-electron chi connectivity index (χ3n) is 5.64. The van der Waals surface area contributed by atoms with Crippen LogP contribution >= 0.6 is 11.6 Å². The molecule has 1 aliphatic rings. The van der Waals surface area contributed by atoms with Crippen LogP contribution in [0.5, 0.6) is 5.75 Å². The van der Waals surface area contributed by atoms with E-state index in [2.05, 4.69) is 10.6 Å². The molecule has 2 aromatic carbocycles. The molecule has 2 amide bonds. The van der Waals surface area contributed by atoms with E-state index in [9.17, 15) is 28.2 Å². The number of hydrogen-bond donors (Lipinski definition) is 4. The highest BCUT2D eigenvalue weighted by Crippen LogP contribution is 2.43. The number of benzene rings is 2. The zero-order valence-electron chi connectivity index (χ0n) is 18.5. The molecule has 0 saturated carbocycles. The molecule has 3 rings (SSSR count). The SMILES string of the molecule is COc1c(NC(=O)NC2Cc3c(Cl)cccc3[C@@H]2O)cc(C(C)(C)C)cc1[C@H](O)C(F)(F)F. The minimum atomic E-state index is -4.93. The monoisotopic (exact) mass is 486 g/mol. The highest BCUT2D eigenvalue weighted by molar-refractivity contribution is 6.31. The van der Waals surface area contributed by atoms with Crippen LogP contribution in [0.25, 0.3) is 0 Å². The van der Waals surface area contributed by atoms with E-state index >= 15 is 0 Å². The van der Waals surface area contributed by atoms with Crippen molar-refractivity contribution in [3.8, 4) is 5.75 Å². The van der Waals surface area contributed by atoms with Gasteiger partial charge in [0, 0.05) is 10.6 Å². The van der Waals surface area contributed by atoms with Gasteiger partial charge in [0.25, 0.3) is 0 Å². The number of aliphatic hydroxyl groups excluding tert-OH is 2. The Bertz CT molecular complexity index is 1050. The standard InChI is InChI=1S/C23H26ClF3N2O4/c1-22(2,3)11-8-14(20(31)23(25,26)27)19(33-4)17(9-11)29-21(32)28-16-10-13-12(18(16)30)6-5-7-15(13)24/h5-9,16,18,20,30-31H,10H2,1-4H3,(H2,28,29,32)/t16?,18-,20-/m0/s1. The van der Waals surface area contributed by atoms with Crippen LogP contribution in [-0.4, -0.2) is 35.6 Å². The summed E-state index contributed by atoms with van der Waals surface area (Å²) < 4.78 is 45.1. The number of methoxy groups -OCH3 is 1. The second-order valence-electron chi connectivity index (χ2n) is 9.00. The summed E-state index contributed by atoms with van der Waals surface area (Å²) in [6.07, 6.45) is -8.43. The second kappa shape index (κ2) is 9.04. The Morgan fingerprint density at radius 3 is 2.45 bits per heavy atom. The summed E-state index contributed by atoms with van der Waals surface area (Å²) >= 11 is 6.18. The molecule has 2 aromatic rings. The number of fused-ring (bicyclic) bond motifs is 1. The maximum absolute atomic E-state index is 13.3. The molecule has 1 aliphatic carbocycles. The fourth-order valence-corrected chi connectivity index (χ4v) is 4.12. The Hall–Kier alpha value is -2.49. The van der Waals surface area contributed by atoms with Gasteiger partial charge < -0.3 is 25.6 Å². The Morgan fingerprint density at radius 1 is 1.24 bits per heavy atom. The molecule has 0 bridgehead atoms. The average Bonchev–Trinajstić information content (AvgIpc) is 3.02. The molecule has 6 nitrogen and oxygen atoms in total. The Kier molecular flexibility index (Phi) is 6.89. The largest absolute Gasteiger partial charge is 0.494 e. The number of nitrogens with one attached hydrogen (secondary N) is 2. The lowest BCUT2D eigenvalue weighted by Gasteiger charge is -2.26. The first-order valence-electron chi connectivity index (χ1n) is 10.2. The van der Waals surface area contributed by atoms with Crippen molar-refractivity contribution in [1.29, 1.82) is 0 Å². The number of urea groups is 1. The van der Waals surface area contributed by atoms with E-state index in [1.165, 1.54) is 12.1 Å². The summed E-state index contributed by atoms with van der Waals surface area (Å²) in [5.41, 5.74) is 0.656.